The molecule has 1 heterocycles. The molecule has 1 aromatic heterocycles. The van der Waals surface area contributed by atoms with Crippen LogP contribution in [-0.4, -0.2) is 74.1 Å². The highest BCUT2D eigenvalue weighted by Crippen LogP contribution is 2.46. The third kappa shape index (κ3) is 8.81. The van der Waals surface area contributed by atoms with E-state index in [4.69, 9.17) is 0 Å². The number of aromatic hydroxyl groups is 1. The highest BCUT2D eigenvalue weighted by molar-refractivity contribution is 7.91. The Morgan fingerprint density at radius 3 is 2.05 bits per heavy atom. The number of anilines is 1. The summed E-state index contributed by atoms with van der Waals surface area (Å²) in [7, 11) is -20.3. The quantitative estimate of drug-likeness (QED) is 0.123. The van der Waals surface area contributed by atoms with Gasteiger partial charge in [0.2, 0.25) is 0 Å². The summed E-state index contributed by atoms with van der Waals surface area (Å²) in [6, 6.07) is 16.3. The fourth-order valence-electron chi connectivity index (χ4n) is 5.82. The second-order valence-corrected chi connectivity index (χ2v) is 18.6. The fourth-order valence-corrected chi connectivity index (χ4v) is 9.31. The number of aromatic nitrogens is 2. The van der Waals surface area contributed by atoms with Gasteiger partial charge in [-0.1, -0.05) is 37.3 Å². The van der Waals surface area contributed by atoms with Crippen LogP contribution in [-0.2, 0) is 40.2 Å². The predicted octanol–water partition coefficient (Wildman–Crippen LogP) is 4.84. The van der Waals surface area contributed by atoms with E-state index >= 15 is 0 Å². The van der Waals surface area contributed by atoms with Crippen LogP contribution in [0.3, 0.4) is 0 Å². The van der Waals surface area contributed by atoms with Crippen molar-refractivity contribution in [3.63, 3.8) is 0 Å². The molecule has 18 nitrogen and oxygen atoms in total. The Morgan fingerprint density at radius 2 is 1.42 bits per heavy atom. The minimum atomic E-state index is -5.62. The third-order valence-electron chi connectivity index (χ3n) is 8.60. The molecule has 5 aromatic carbocycles. The van der Waals surface area contributed by atoms with Crippen LogP contribution in [0.1, 0.15) is 35.4 Å². The first-order valence-electron chi connectivity index (χ1n) is 16.2. The molecule has 0 fully saturated rings. The number of sulfone groups is 1. The average Bonchev–Trinajstić information content (AvgIpc) is 3.15. The monoisotopic (exact) mass is 852 g/mol. The van der Waals surface area contributed by atoms with Crippen molar-refractivity contribution in [2.45, 2.75) is 38.8 Å². The number of phenolic OH excluding ortho intramolecular Hbond substituents is 1. The van der Waals surface area contributed by atoms with E-state index < -0.39 is 94.4 Å². The molecule has 57 heavy (non-hydrogen) atoms. The van der Waals surface area contributed by atoms with Crippen molar-refractivity contribution in [1.29, 1.82) is 0 Å². The summed E-state index contributed by atoms with van der Waals surface area (Å²) in [5.74, 6) is -2.26. The van der Waals surface area contributed by atoms with Crippen LogP contribution in [0, 0.1) is 0 Å². The highest BCUT2D eigenvalue weighted by atomic mass is 32.2. The molecule has 0 radical (unpaired) electrons. The smallest absolute Gasteiger partial charge is 0.255 e. The van der Waals surface area contributed by atoms with Crippen molar-refractivity contribution in [2.24, 2.45) is 10.2 Å². The molecule has 2 N–H and O–H groups in total. The lowest BCUT2D eigenvalue weighted by molar-refractivity contribution is 0.102. The Balaban J connectivity index is 1.46. The molecule has 1 unspecified atom stereocenters. The Bertz CT molecular complexity index is 3080. The number of phenols is 1. The molecule has 22 heteroatoms. The van der Waals surface area contributed by atoms with Gasteiger partial charge in [-0.25, -0.2) is 43.6 Å². The van der Waals surface area contributed by atoms with E-state index in [0.29, 0.717) is 24.0 Å². The van der Waals surface area contributed by atoms with Gasteiger partial charge in [0.05, 0.1) is 31.0 Å². The lowest BCUT2D eigenvalue weighted by Crippen LogP contribution is -2.13. The lowest BCUT2D eigenvalue weighted by atomic mass is 10.1. The molecule has 0 aliphatic carbocycles. The van der Waals surface area contributed by atoms with Crippen molar-refractivity contribution in [3.05, 3.63) is 109 Å². The standard InChI is InChI=1S/C35H29N5O13S4/c1-20(34-36-13-5-14-37-34)12-15-54(43,44)24-9-10-26-22(16-24)8-11-27(33(26)57(51,52)53)39-40-31-29(56(48,49)50)18-23-17-25(55(45,46)47)19-28(30(23)32(31)41)38-35(42)21-6-3-2-4-7-21/h2-11,13-14,16-20,41H,12,15H2,1H3,(H,38,42)(H,45,46,47)(H,48,49,50)(H,51,52,53)/p-3. The Kier molecular flexibility index (Phi) is 11.0. The highest BCUT2D eigenvalue weighted by Gasteiger charge is 2.24. The number of carbonyl (C=O) groups is 1. The molecule has 6 aromatic rings. The van der Waals surface area contributed by atoms with Gasteiger partial charge >= 0.3 is 0 Å². The Morgan fingerprint density at radius 1 is 0.754 bits per heavy atom. The molecule has 0 aliphatic heterocycles. The van der Waals surface area contributed by atoms with Gasteiger partial charge in [-0.15, -0.1) is 10.2 Å². The van der Waals surface area contributed by atoms with E-state index in [1.165, 1.54) is 42.7 Å². The van der Waals surface area contributed by atoms with Crippen molar-refractivity contribution in [2.75, 3.05) is 11.1 Å². The van der Waals surface area contributed by atoms with E-state index in [9.17, 15) is 57.2 Å². The maximum Gasteiger partial charge on any atom is 0.255 e. The van der Waals surface area contributed by atoms with E-state index in [1.54, 1.807) is 19.1 Å². The molecule has 296 valence electrons. The van der Waals surface area contributed by atoms with Gasteiger partial charge in [0.25, 0.3) is 5.91 Å². The summed E-state index contributed by atoms with van der Waals surface area (Å²) in [6.45, 7) is 1.75. The van der Waals surface area contributed by atoms with Gasteiger partial charge in [0.15, 0.2) is 15.6 Å². The SMILES string of the molecule is CC(CCS(=O)(=O)c1ccc2c(S(=O)(=O)[O-])c(N=Nc3c(S(=O)(=O)[O-])cc4cc(S(=O)(=O)[O-])cc(NC(=O)c5ccccc5)c4c3O)ccc2c1)c1ncccn1. The lowest BCUT2D eigenvalue weighted by Gasteiger charge is -2.18. The maximum absolute atomic E-state index is 13.3. The second kappa shape index (κ2) is 15.3. The molecule has 1 amide bonds. The number of nitrogens with one attached hydrogen (secondary N) is 1. The van der Waals surface area contributed by atoms with Gasteiger partial charge in [-0.3, -0.25) is 4.79 Å². The van der Waals surface area contributed by atoms with Crippen LogP contribution in [0.5, 0.6) is 5.75 Å². The summed E-state index contributed by atoms with van der Waals surface area (Å²) < 4.78 is 138. The van der Waals surface area contributed by atoms with E-state index in [1.807, 2.05) is 0 Å². The van der Waals surface area contributed by atoms with Gasteiger partial charge in [-0.05, 0) is 71.8 Å². The van der Waals surface area contributed by atoms with Gasteiger partial charge in [0, 0.05) is 34.6 Å². The average molecular weight is 853 g/mol. The molecule has 0 saturated heterocycles. The number of nitrogens with zero attached hydrogens (tertiary/aromatic N) is 4. The summed E-state index contributed by atoms with van der Waals surface area (Å²) in [4.78, 5) is 17.8. The zero-order valence-electron chi connectivity index (χ0n) is 29.0. The van der Waals surface area contributed by atoms with Crippen LogP contribution in [0.25, 0.3) is 21.5 Å². The van der Waals surface area contributed by atoms with Gasteiger partial charge in [0.1, 0.15) is 47.6 Å². The molecule has 0 bridgehead atoms. The number of hydrogen-bond donors (Lipinski definition) is 2. The van der Waals surface area contributed by atoms with E-state index in [0.717, 1.165) is 24.3 Å². The van der Waals surface area contributed by atoms with Crippen LogP contribution in [0.4, 0.5) is 17.1 Å². The molecular weight excluding hydrogens is 827 g/mol. The maximum atomic E-state index is 13.3. The first-order chi connectivity index (χ1) is 26.6. The van der Waals surface area contributed by atoms with E-state index in [-0.39, 0.29) is 39.3 Å². The first-order valence-corrected chi connectivity index (χ1v) is 22.1. The van der Waals surface area contributed by atoms with Crippen LogP contribution >= 0.6 is 0 Å². The molecule has 0 saturated carbocycles. The molecule has 0 spiro atoms. The zero-order chi connectivity index (χ0) is 41.5. The normalized spacial score (nSPS) is 13.3. The minimum Gasteiger partial charge on any atom is -0.744 e. The number of hydrogen-bond acceptors (Lipinski definition) is 17. The van der Waals surface area contributed by atoms with E-state index in [2.05, 4.69) is 25.5 Å². The largest absolute Gasteiger partial charge is 0.744 e. The number of benzene rings is 5. The molecule has 6 rings (SSSR count). The van der Waals surface area contributed by atoms with Crippen LogP contribution in [0.2, 0.25) is 0 Å². The van der Waals surface area contributed by atoms with Crippen LogP contribution in [0.15, 0.2) is 127 Å². The number of fused-ring (bicyclic) bond motifs is 2. The van der Waals surface area contributed by atoms with Crippen LogP contribution < -0.4 is 5.32 Å². The van der Waals surface area contributed by atoms with Crippen molar-refractivity contribution >= 4 is 84.7 Å². The summed E-state index contributed by atoms with van der Waals surface area (Å²) in [6.07, 6.45) is 3.19. The first kappa shape index (κ1) is 40.9. The van der Waals surface area contributed by atoms with Gasteiger partial charge in [-0.2, -0.15) is 0 Å². The minimum absolute atomic E-state index is 0.0248. The molecular formula is C35H26N5O13S4-3. The summed E-state index contributed by atoms with van der Waals surface area (Å²) in [5.41, 5.74) is -2.33. The van der Waals surface area contributed by atoms with Crippen molar-refractivity contribution in [1.82, 2.24) is 9.97 Å². The number of carbonyl (C=O) groups excluding carboxylic acids is 1. The zero-order valence-corrected chi connectivity index (χ0v) is 32.3. The molecule has 0 aliphatic rings. The number of amides is 1. The Labute approximate surface area is 325 Å². The third-order valence-corrected chi connectivity index (χ3v) is 12.9. The number of rotatable bonds is 12. The van der Waals surface area contributed by atoms with Gasteiger partial charge < -0.3 is 24.1 Å². The summed E-state index contributed by atoms with van der Waals surface area (Å²) in [5, 5.41) is 19.7. The van der Waals surface area contributed by atoms with Crippen molar-refractivity contribution < 1.29 is 57.2 Å². The predicted molar refractivity (Wildman–Crippen MR) is 199 cm³/mol. The topological polar surface area (TPSA) is 306 Å². The van der Waals surface area contributed by atoms with Crippen molar-refractivity contribution in [3.8, 4) is 5.75 Å². The fraction of sp³-hybridized carbons (Fsp3) is 0.114. The Hall–Kier alpha value is -5.75. The number of azo groups is 1. The second-order valence-electron chi connectivity index (χ2n) is 12.4. The molecule has 1 atom stereocenters. The summed E-state index contributed by atoms with van der Waals surface area (Å²) >= 11 is 0.